The number of methoxy groups -OCH3 is 1. The SMILES string of the molecule is COC(=O)c1cc(N(C)Cc2ccc(Cl)s2)ncc1N. The standard InChI is InChI=1S/C13H14ClN3O2S/c1-17(7-8-3-4-11(14)20-8)12-5-9(13(18)19-2)10(15)6-16-12/h3-6H,7,15H2,1-2H3. The molecule has 0 fully saturated rings. The number of nitrogen functional groups attached to an aromatic ring is 1. The number of thiophene rings is 1. The number of esters is 1. The number of anilines is 2. The molecule has 0 aliphatic heterocycles. The molecular weight excluding hydrogens is 298 g/mol. The number of rotatable bonds is 4. The summed E-state index contributed by atoms with van der Waals surface area (Å²) in [4.78, 5) is 18.8. The van der Waals surface area contributed by atoms with Crippen molar-refractivity contribution in [3.8, 4) is 0 Å². The lowest BCUT2D eigenvalue weighted by Gasteiger charge is -2.18. The van der Waals surface area contributed by atoms with E-state index in [1.54, 1.807) is 6.07 Å². The molecule has 0 aromatic carbocycles. The molecule has 106 valence electrons. The topological polar surface area (TPSA) is 68.5 Å². The van der Waals surface area contributed by atoms with Crippen LogP contribution in [0, 0.1) is 0 Å². The number of hydrogen-bond acceptors (Lipinski definition) is 6. The first-order valence-electron chi connectivity index (χ1n) is 5.80. The highest BCUT2D eigenvalue weighted by Crippen LogP contribution is 2.25. The summed E-state index contributed by atoms with van der Waals surface area (Å²) in [5.41, 5.74) is 6.34. The Morgan fingerprint density at radius 1 is 1.55 bits per heavy atom. The van der Waals surface area contributed by atoms with Gasteiger partial charge < -0.3 is 15.4 Å². The molecule has 0 spiro atoms. The molecule has 0 saturated heterocycles. The summed E-state index contributed by atoms with van der Waals surface area (Å²) in [6, 6.07) is 5.43. The summed E-state index contributed by atoms with van der Waals surface area (Å²) in [5.74, 6) is 0.169. The Balaban J connectivity index is 2.21. The fourth-order valence-corrected chi connectivity index (χ4v) is 2.84. The van der Waals surface area contributed by atoms with E-state index in [1.807, 2.05) is 24.1 Å². The zero-order valence-corrected chi connectivity index (χ0v) is 12.7. The van der Waals surface area contributed by atoms with Crippen molar-refractivity contribution in [2.24, 2.45) is 0 Å². The normalized spacial score (nSPS) is 10.3. The lowest BCUT2D eigenvalue weighted by Crippen LogP contribution is -2.18. The largest absolute Gasteiger partial charge is 0.465 e. The molecular formula is C13H14ClN3O2S. The zero-order valence-electron chi connectivity index (χ0n) is 11.1. The molecule has 0 atom stereocenters. The van der Waals surface area contributed by atoms with E-state index in [4.69, 9.17) is 22.1 Å². The molecule has 2 aromatic rings. The van der Waals surface area contributed by atoms with Gasteiger partial charge in [0, 0.05) is 11.9 Å². The minimum atomic E-state index is -0.473. The van der Waals surface area contributed by atoms with E-state index in [1.165, 1.54) is 24.6 Å². The van der Waals surface area contributed by atoms with Crippen LogP contribution in [0.2, 0.25) is 4.34 Å². The average molecular weight is 312 g/mol. The van der Waals surface area contributed by atoms with Crippen molar-refractivity contribution in [2.75, 3.05) is 24.8 Å². The minimum Gasteiger partial charge on any atom is -0.465 e. The molecule has 0 radical (unpaired) electrons. The lowest BCUT2D eigenvalue weighted by molar-refractivity contribution is 0.0602. The van der Waals surface area contributed by atoms with Crippen LogP contribution in [-0.2, 0) is 11.3 Å². The Morgan fingerprint density at radius 3 is 2.90 bits per heavy atom. The molecule has 2 N–H and O–H groups in total. The summed E-state index contributed by atoms with van der Waals surface area (Å²) >= 11 is 7.41. The highest BCUT2D eigenvalue weighted by molar-refractivity contribution is 7.16. The second-order valence-electron chi connectivity index (χ2n) is 4.18. The first-order chi connectivity index (χ1) is 9.51. The van der Waals surface area contributed by atoms with Crippen LogP contribution in [0.25, 0.3) is 0 Å². The smallest absolute Gasteiger partial charge is 0.340 e. The van der Waals surface area contributed by atoms with Crippen molar-refractivity contribution in [3.63, 3.8) is 0 Å². The van der Waals surface area contributed by atoms with Gasteiger partial charge in [0.15, 0.2) is 0 Å². The Bertz CT molecular complexity index is 630. The molecule has 0 aliphatic rings. The molecule has 20 heavy (non-hydrogen) atoms. The van der Waals surface area contributed by atoms with Crippen molar-refractivity contribution < 1.29 is 9.53 Å². The number of nitrogens with two attached hydrogens (primary N) is 1. The van der Waals surface area contributed by atoms with E-state index in [2.05, 4.69) is 4.98 Å². The number of ether oxygens (including phenoxy) is 1. The third-order valence-corrected chi connectivity index (χ3v) is 3.95. The van der Waals surface area contributed by atoms with Crippen molar-refractivity contribution in [2.45, 2.75) is 6.54 Å². The number of carbonyl (C=O) groups excluding carboxylic acids is 1. The Labute approximate surface area is 125 Å². The maximum Gasteiger partial charge on any atom is 0.340 e. The van der Waals surface area contributed by atoms with Crippen molar-refractivity contribution >= 4 is 40.4 Å². The third kappa shape index (κ3) is 3.20. The maximum atomic E-state index is 11.6. The second-order valence-corrected chi connectivity index (χ2v) is 5.98. The van der Waals surface area contributed by atoms with Crippen LogP contribution in [0.5, 0.6) is 0 Å². The molecule has 0 saturated carbocycles. The van der Waals surface area contributed by atoms with Gasteiger partial charge in [0.2, 0.25) is 0 Å². The summed E-state index contributed by atoms with van der Waals surface area (Å²) in [5, 5.41) is 0. The first kappa shape index (κ1) is 14.6. The summed E-state index contributed by atoms with van der Waals surface area (Å²) in [6.45, 7) is 0.648. The highest BCUT2D eigenvalue weighted by atomic mass is 35.5. The number of carbonyl (C=O) groups is 1. The van der Waals surface area contributed by atoms with Gasteiger partial charge in [0.25, 0.3) is 0 Å². The zero-order chi connectivity index (χ0) is 14.7. The van der Waals surface area contributed by atoms with Crippen LogP contribution in [0.4, 0.5) is 11.5 Å². The number of halogens is 1. The molecule has 2 heterocycles. The fourth-order valence-electron chi connectivity index (χ4n) is 1.70. The van der Waals surface area contributed by atoms with Crippen molar-refractivity contribution in [1.82, 2.24) is 4.98 Å². The van der Waals surface area contributed by atoms with Crippen LogP contribution >= 0.6 is 22.9 Å². The van der Waals surface area contributed by atoms with Gasteiger partial charge in [-0.05, 0) is 18.2 Å². The van der Waals surface area contributed by atoms with E-state index in [-0.39, 0.29) is 0 Å². The number of hydrogen-bond donors (Lipinski definition) is 1. The van der Waals surface area contributed by atoms with Gasteiger partial charge in [-0.25, -0.2) is 9.78 Å². The van der Waals surface area contributed by atoms with E-state index in [0.29, 0.717) is 23.6 Å². The molecule has 2 rings (SSSR count). The van der Waals surface area contributed by atoms with Crippen LogP contribution in [0.15, 0.2) is 24.4 Å². The summed E-state index contributed by atoms with van der Waals surface area (Å²) in [6.07, 6.45) is 1.46. The van der Waals surface area contributed by atoms with Crippen molar-refractivity contribution in [3.05, 3.63) is 39.2 Å². The second kappa shape index (κ2) is 6.11. The first-order valence-corrected chi connectivity index (χ1v) is 7.00. The van der Waals surface area contributed by atoms with E-state index in [9.17, 15) is 4.79 Å². The monoisotopic (exact) mass is 311 g/mol. The van der Waals surface area contributed by atoms with Gasteiger partial charge >= 0.3 is 5.97 Å². The van der Waals surface area contributed by atoms with Gasteiger partial charge in [-0.1, -0.05) is 11.6 Å². The number of aromatic nitrogens is 1. The number of pyridine rings is 1. The molecule has 5 nitrogen and oxygen atoms in total. The highest BCUT2D eigenvalue weighted by Gasteiger charge is 2.14. The maximum absolute atomic E-state index is 11.6. The molecule has 0 unspecified atom stereocenters. The van der Waals surface area contributed by atoms with Crippen LogP contribution in [0.3, 0.4) is 0 Å². The molecule has 0 aliphatic carbocycles. The predicted octanol–water partition coefficient (Wildman–Crippen LogP) is 2.80. The van der Waals surface area contributed by atoms with Gasteiger partial charge in [0.05, 0.1) is 35.4 Å². The van der Waals surface area contributed by atoms with Gasteiger partial charge in [-0.15, -0.1) is 11.3 Å². The Hall–Kier alpha value is -1.79. The van der Waals surface area contributed by atoms with Crippen molar-refractivity contribution in [1.29, 1.82) is 0 Å². The van der Waals surface area contributed by atoms with Crippen LogP contribution in [-0.4, -0.2) is 25.1 Å². The van der Waals surface area contributed by atoms with Gasteiger partial charge in [-0.3, -0.25) is 0 Å². The molecule has 2 aromatic heterocycles. The Kier molecular flexibility index (Phi) is 4.46. The van der Waals surface area contributed by atoms with Gasteiger partial charge in [-0.2, -0.15) is 0 Å². The Morgan fingerprint density at radius 2 is 2.30 bits per heavy atom. The molecule has 7 heteroatoms. The van der Waals surface area contributed by atoms with E-state index >= 15 is 0 Å². The summed E-state index contributed by atoms with van der Waals surface area (Å²) < 4.78 is 5.44. The predicted molar refractivity (Wildman–Crippen MR) is 81.4 cm³/mol. The molecule has 0 bridgehead atoms. The fraction of sp³-hybridized carbons (Fsp3) is 0.231. The quantitative estimate of drug-likeness (QED) is 0.879. The lowest BCUT2D eigenvalue weighted by atomic mass is 10.2. The minimum absolute atomic E-state index is 0.299. The van der Waals surface area contributed by atoms with Crippen LogP contribution < -0.4 is 10.6 Å². The van der Waals surface area contributed by atoms with E-state index < -0.39 is 5.97 Å². The average Bonchev–Trinajstić information content (AvgIpc) is 2.83. The van der Waals surface area contributed by atoms with Gasteiger partial charge in [0.1, 0.15) is 5.82 Å². The van der Waals surface area contributed by atoms with E-state index in [0.717, 1.165) is 9.21 Å². The number of nitrogens with zero attached hydrogens (tertiary/aromatic N) is 2. The summed E-state index contributed by atoms with van der Waals surface area (Å²) in [7, 11) is 3.20. The van der Waals surface area contributed by atoms with Crippen LogP contribution in [0.1, 0.15) is 15.2 Å². The molecule has 0 amide bonds. The third-order valence-electron chi connectivity index (χ3n) is 2.74.